The van der Waals surface area contributed by atoms with Crippen LogP contribution in [0.25, 0.3) is 11.1 Å². The van der Waals surface area contributed by atoms with E-state index in [4.69, 9.17) is 4.74 Å². The van der Waals surface area contributed by atoms with Crippen LogP contribution < -0.4 is 15.1 Å². The largest absolute Gasteiger partial charge is 0.378 e. The molecule has 1 aliphatic heterocycles. The van der Waals surface area contributed by atoms with E-state index in [2.05, 4.69) is 57.6 Å². The van der Waals surface area contributed by atoms with E-state index >= 15 is 0 Å². The normalized spacial score (nSPS) is 13.7. The van der Waals surface area contributed by atoms with Crippen molar-refractivity contribution in [3.05, 3.63) is 77.9 Å². The molecule has 160 valence electrons. The Kier molecular flexibility index (Phi) is 6.23. The summed E-state index contributed by atoms with van der Waals surface area (Å²) in [5.74, 6) is -0.0941. The van der Waals surface area contributed by atoms with Crippen molar-refractivity contribution in [2.75, 3.05) is 55.5 Å². The van der Waals surface area contributed by atoms with Crippen LogP contribution in [0.2, 0.25) is 0 Å². The highest BCUT2D eigenvalue weighted by Crippen LogP contribution is 2.28. The summed E-state index contributed by atoms with van der Waals surface area (Å²) in [6, 6.07) is 22.3. The molecule has 1 aliphatic rings. The van der Waals surface area contributed by atoms with Gasteiger partial charge >= 0.3 is 0 Å². The van der Waals surface area contributed by atoms with Gasteiger partial charge in [-0.3, -0.25) is 4.79 Å². The van der Waals surface area contributed by atoms with Crippen molar-refractivity contribution in [2.45, 2.75) is 6.92 Å². The molecular weight excluding hydrogens is 386 g/mol. The standard InChI is InChI=1S/C26H29N3O2/c1-19-24(20-7-11-22(12-8-20)28(2)3)5-4-6-25(19)26(30)27-21-9-13-23(14-10-21)29-15-17-31-18-16-29/h4-14H,15-18H2,1-3H3,(H,27,30). The van der Waals surface area contributed by atoms with Crippen molar-refractivity contribution in [1.82, 2.24) is 0 Å². The number of hydrogen-bond acceptors (Lipinski definition) is 4. The smallest absolute Gasteiger partial charge is 0.255 e. The fraction of sp³-hybridized carbons (Fsp3) is 0.269. The molecule has 4 rings (SSSR count). The molecular formula is C26H29N3O2. The third-order valence-electron chi connectivity index (χ3n) is 5.77. The van der Waals surface area contributed by atoms with Crippen molar-refractivity contribution in [3.63, 3.8) is 0 Å². The Labute approximate surface area is 184 Å². The zero-order valence-corrected chi connectivity index (χ0v) is 18.4. The Balaban J connectivity index is 1.50. The number of anilines is 3. The van der Waals surface area contributed by atoms with Gasteiger partial charge in [0, 0.05) is 49.8 Å². The van der Waals surface area contributed by atoms with E-state index in [0.717, 1.165) is 60.1 Å². The molecule has 5 nitrogen and oxygen atoms in total. The maximum atomic E-state index is 13.0. The van der Waals surface area contributed by atoms with Gasteiger partial charge in [0.1, 0.15) is 0 Å². The van der Waals surface area contributed by atoms with E-state index in [1.165, 1.54) is 0 Å². The first kappa shape index (κ1) is 20.9. The second-order valence-corrected chi connectivity index (χ2v) is 8.02. The van der Waals surface area contributed by atoms with Gasteiger partial charge < -0.3 is 19.9 Å². The van der Waals surface area contributed by atoms with Gasteiger partial charge in [-0.2, -0.15) is 0 Å². The number of morpholine rings is 1. The number of ether oxygens (including phenoxy) is 1. The molecule has 0 radical (unpaired) electrons. The third-order valence-corrected chi connectivity index (χ3v) is 5.77. The molecule has 1 heterocycles. The Bertz CT molecular complexity index is 1040. The van der Waals surface area contributed by atoms with E-state index in [1.54, 1.807) is 0 Å². The maximum Gasteiger partial charge on any atom is 0.255 e. The molecule has 0 atom stereocenters. The number of hydrogen-bond donors (Lipinski definition) is 1. The second-order valence-electron chi connectivity index (χ2n) is 8.02. The van der Waals surface area contributed by atoms with Gasteiger partial charge in [-0.1, -0.05) is 24.3 Å². The Morgan fingerprint density at radius 1 is 0.935 bits per heavy atom. The highest BCUT2D eigenvalue weighted by Gasteiger charge is 2.14. The summed E-state index contributed by atoms with van der Waals surface area (Å²) in [6.45, 7) is 5.31. The van der Waals surface area contributed by atoms with Crippen LogP contribution >= 0.6 is 0 Å². The lowest BCUT2D eigenvalue weighted by molar-refractivity contribution is 0.102. The summed E-state index contributed by atoms with van der Waals surface area (Å²) in [7, 11) is 4.05. The third kappa shape index (κ3) is 4.72. The minimum atomic E-state index is -0.0941. The summed E-state index contributed by atoms with van der Waals surface area (Å²) in [5, 5.41) is 3.04. The number of nitrogens with zero attached hydrogens (tertiary/aromatic N) is 2. The molecule has 0 unspecified atom stereocenters. The van der Waals surface area contributed by atoms with E-state index in [9.17, 15) is 4.79 Å². The van der Waals surface area contributed by atoms with Crippen molar-refractivity contribution in [2.24, 2.45) is 0 Å². The van der Waals surface area contributed by atoms with Crippen LogP contribution in [-0.4, -0.2) is 46.3 Å². The average molecular weight is 416 g/mol. The molecule has 3 aromatic carbocycles. The van der Waals surface area contributed by atoms with Crippen molar-refractivity contribution < 1.29 is 9.53 Å². The van der Waals surface area contributed by atoms with Gasteiger partial charge in [-0.25, -0.2) is 0 Å². The van der Waals surface area contributed by atoms with Gasteiger partial charge in [0.15, 0.2) is 0 Å². The summed E-state index contributed by atoms with van der Waals surface area (Å²) in [4.78, 5) is 17.4. The maximum absolute atomic E-state index is 13.0. The number of carbonyl (C=O) groups is 1. The number of benzene rings is 3. The van der Waals surface area contributed by atoms with E-state index in [1.807, 2.05) is 45.3 Å². The van der Waals surface area contributed by atoms with Crippen LogP contribution in [0.4, 0.5) is 17.1 Å². The lowest BCUT2D eigenvalue weighted by atomic mass is 9.96. The fourth-order valence-electron chi connectivity index (χ4n) is 3.91. The molecule has 1 amide bonds. The first-order valence-corrected chi connectivity index (χ1v) is 10.6. The van der Waals surface area contributed by atoms with Crippen molar-refractivity contribution in [1.29, 1.82) is 0 Å². The first-order chi connectivity index (χ1) is 15.0. The molecule has 31 heavy (non-hydrogen) atoms. The van der Waals surface area contributed by atoms with E-state index in [0.29, 0.717) is 5.56 Å². The highest BCUT2D eigenvalue weighted by molar-refractivity contribution is 6.06. The van der Waals surface area contributed by atoms with E-state index in [-0.39, 0.29) is 5.91 Å². The minimum Gasteiger partial charge on any atom is -0.378 e. The quantitative estimate of drug-likeness (QED) is 0.649. The zero-order chi connectivity index (χ0) is 21.8. The first-order valence-electron chi connectivity index (χ1n) is 10.6. The Hall–Kier alpha value is -3.31. The SMILES string of the molecule is Cc1c(C(=O)Nc2ccc(N3CCOCC3)cc2)cccc1-c1ccc(N(C)C)cc1. The monoisotopic (exact) mass is 415 g/mol. The van der Waals surface area contributed by atoms with Gasteiger partial charge in [0.2, 0.25) is 0 Å². The van der Waals surface area contributed by atoms with Crippen LogP contribution in [0.5, 0.6) is 0 Å². The number of amides is 1. The van der Waals surface area contributed by atoms with Crippen LogP contribution in [0.15, 0.2) is 66.7 Å². The second kappa shape index (κ2) is 9.23. The van der Waals surface area contributed by atoms with Gasteiger partial charge in [-0.15, -0.1) is 0 Å². The summed E-state index contributed by atoms with van der Waals surface area (Å²) < 4.78 is 5.41. The van der Waals surface area contributed by atoms with Crippen molar-refractivity contribution in [3.8, 4) is 11.1 Å². The summed E-state index contributed by atoms with van der Waals surface area (Å²) in [5.41, 5.74) is 6.93. The predicted octanol–water partition coefficient (Wildman–Crippen LogP) is 4.82. The molecule has 0 spiro atoms. The minimum absolute atomic E-state index is 0.0941. The summed E-state index contributed by atoms with van der Waals surface area (Å²) >= 11 is 0. The molecule has 1 fully saturated rings. The van der Waals surface area contributed by atoms with Crippen LogP contribution in [0.1, 0.15) is 15.9 Å². The average Bonchev–Trinajstić information content (AvgIpc) is 2.80. The molecule has 1 N–H and O–H groups in total. The molecule has 0 saturated carbocycles. The number of nitrogens with one attached hydrogen (secondary N) is 1. The Morgan fingerprint density at radius 2 is 1.61 bits per heavy atom. The van der Waals surface area contributed by atoms with Crippen LogP contribution in [0.3, 0.4) is 0 Å². The predicted molar refractivity (Wildman–Crippen MR) is 128 cm³/mol. The molecule has 0 aromatic heterocycles. The van der Waals surface area contributed by atoms with Crippen LogP contribution in [-0.2, 0) is 4.74 Å². The van der Waals surface area contributed by atoms with Gasteiger partial charge in [-0.05, 0) is 66.1 Å². The Morgan fingerprint density at radius 3 is 2.26 bits per heavy atom. The fourth-order valence-corrected chi connectivity index (χ4v) is 3.91. The summed E-state index contributed by atoms with van der Waals surface area (Å²) in [6.07, 6.45) is 0. The van der Waals surface area contributed by atoms with Gasteiger partial charge in [0.05, 0.1) is 13.2 Å². The number of rotatable bonds is 5. The topological polar surface area (TPSA) is 44.8 Å². The molecule has 1 saturated heterocycles. The lowest BCUT2D eigenvalue weighted by Crippen LogP contribution is -2.36. The molecule has 5 heteroatoms. The number of carbonyl (C=O) groups excluding carboxylic acids is 1. The molecule has 0 aliphatic carbocycles. The van der Waals surface area contributed by atoms with Gasteiger partial charge in [0.25, 0.3) is 5.91 Å². The van der Waals surface area contributed by atoms with E-state index < -0.39 is 0 Å². The van der Waals surface area contributed by atoms with Crippen molar-refractivity contribution >= 4 is 23.0 Å². The lowest BCUT2D eigenvalue weighted by Gasteiger charge is -2.28. The molecule has 0 bridgehead atoms. The van der Waals surface area contributed by atoms with Crippen LogP contribution in [0, 0.1) is 6.92 Å². The zero-order valence-electron chi connectivity index (χ0n) is 18.4. The molecule has 3 aromatic rings. The highest BCUT2D eigenvalue weighted by atomic mass is 16.5.